The number of carbonyl (C=O) groups is 2. The van der Waals surface area contributed by atoms with Crippen molar-refractivity contribution in [3.05, 3.63) is 28.7 Å². The molecule has 1 aromatic carbocycles. The van der Waals surface area contributed by atoms with Crippen LogP contribution in [0.25, 0.3) is 0 Å². The van der Waals surface area contributed by atoms with Crippen LogP contribution in [0.5, 0.6) is 0 Å². The van der Waals surface area contributed by atoms with Gasteiger partial charge in [0.05, 0.1) is 11.4 Å². The highest BCUT2D eigenvalue weighted by molar-refractivity contribution is 9.10. The topological polar surface area (TPSA) is 58.2 Å². The third-order valence-electron chi connectivity index (χ3n) is 2.30. The van der Waals surface area contributed by atoms with Gasteiger partial charge in [0.25, 0.3) is 0 Å². The van der Waals surface area contributed by atoms with Gasteiger partial charge in [-0.3, -0.25) is 9.59 Å². The molecule has 1 fully saturated rings. The largest absolute Gasteiger partial charge is 0.343 e. The summed E-state index contributed by atoms with van der Waals surface area (Å²) in [5, 5.41) is 5.46. The Labute approximate surface area is 112 Å². The molecule has 6 heteroatoms. The van der Waals surface area contributed by atoms with E-state index < -0.39 is 6.04 Å². The summed E-state index contributed by atoms with van der Waals surface area (Å²) in [6.07, 6.45) is 0. The zero-order valence-corrected chi connectivity index (χ0v) is 11.3. The van der Waals surface area contributed by atoms with Gasteiger partial charge in [-0.25, -0.2) is 0 Å². The van der Waals surface area contributed by atoms with Crippen molar-refractivity contribution >= 4 is 45.2 Å². The van der Waals surface area contributed by atoms with E-state index in [1.165, 1.54) is 11.8 Å². The summed E-state index contributed by atoms with van der Waals surface area (Å²) in [5.74, 6) is 0.770. The van der Waals surface area contributed by atoms with Gasteiger partial charge in [-0.1, -0.05) is 12.1 Å². The van der Waals surface area contributed by atoms with E-state index in [4.69, 9.17) is 0 Å². The monoisotopic (exact) mass is 314 g/mol. The number of thioether (sulfide) groups is 1. The zero-order chi connectivity index (χ0) is 12.3. The number of halogens is 1. The Balaban J connectivity index is 2.02. The van der Waals surface area contributed by atoms with Crippen molar-refractivity contribution in [3.8, 4) is 0 Å². The molecule has 2 N–H and O–H groups in total. The number of nitrogens with one attached hydrogen (secondary N) is 2. The van der Waals surface area contributed by atoms with E-state index in [0.29, 0.717) is 17.2 Å². The minimum Gasteiger partial charge on any atom is -0.343 e. The lowest BCUT2D eigenvalue weighted by Gasteiger charge is -2.22. The Bertz CT molecular complexity index is 453. The van der Waals surface area contributed by atoms with E-state index in [2.05, 4.69) is 26.6 Å². The Morgan fingerprint density at radius 3 is 2.94 bits per heavy atom. The van der Waals surface area contributed by atoms with Crippen LogP contribution in [0.15, 0.2) is 28.7 Å². The molecule has 0 spiro atoms. The van der Waals surface area contributed by atoms with Gasteiger partial charge in [-0.05, 0) is 28.1 Å². The summed E-state index contributed by atoms with van der Waals surface area (Å²) in [6.45, 7) is 0. The molecule has 90 valence electrons. The lowest BCUT2D eigenvalue weighted by atomic mass is 10.2. The summed E-state index contributed by atoms with van der Waals surface area (Å²) in [5.41, 5.74) is 0.710. The number of para-hydroxylation sites is 1. The molecule has 1 heterocycles. The third kappa shape index (κ3) is 3.23. The molecule has 1 atom stereocenters. The Morgan fingerprint density at radius 2 is 2.24 bits per heavy atom. The van der Waals surface area contributed by atoms with Crippen LogP contribution >= 0.6 is 27.7 Å². The second-order valence-electron chi connectivity index (χ2n) is 3.60. The summed E-state index contributed by atoms with van der Waals surface area (Å²) in [6, 6.07) is 6.92. The van der Waals surface area contributed by atoms with Gasteiger partial charge in [0.2, 0.25) is 11.8 Å². The lowest BCUT2D eigenvalue weighted by molar-refractivity contribution is -0.124. The van der Waals surface area contributed by atoms with Crippen molar-refractivity contribution in [3.63, 3.8) is 0 Å². The maximum atomic E-state index is 11.9. The first-order valence-electron chi connectivity index (χ1n) is 5.09. The van der Waals surface area contributed by atoms with Crippen LogP contribution in [0.2, 0.25) is 0 Å². The van der Waals surface area contributed by atoms with Gasteiger partial charge >= 0.3 is 0 Å². The van der Waals surface area contributed by atoms with Gasteiger partial charge < -0.3 is 10.6 Å². The summed E-state index contributed by atoms with van der Waals surface area (Å²) in [4.78, 5) is 23.1. The van der Waals surface area contributed by atoms with E-state index in [-0.39, 0.29) is 11.8 Å². The first-order valence-corrected chi connectivity index (χ1v) is 7.04. The average Bonchev–Trinajstić information content (AvgIpc) is 2.32. The molecule has 1 saturated heterocycles. The summed E-state index contributed by atoms with van der Waals surface area (Å²) >= 11 is 4.82. The number of carbonyl (C=O) groups excluding carboxylic acids is 2. The molecule has 1 aliphatic heterocycles. The maximum absolute atomic E-state index is 11.9. The third-order valence-corrected chi connectivity index (χ3v) is 4.03. The molecule has 1 aliphatic rings. The van der Waals surface area contributed by atoms with Crippen LogP contribution in [0.4, 0.5) is 5.69 Å². The number of anilines is 1. The highest BCUT2D eigenvalue weighted by Crippen LogP contribution is 2.21. The molecule has 2 amide bonds. The van der Waals surface area contributed by atoms with Crippen molar-refractivity contribution in [2.45, 2.75) is 6.04 Å². The first kappa shape index (κ1) is 12.4. The second kappa shape index (κ2) is 5.55. The highest BCUT2D eigenvalue weighted by atomic mass is 79.9. The quantitative estimate of drug-likeness (QED) is 0.872. The van der Waals surface area contributed by atoms with E-state index in [0.717, 1.165) is 4.47 Å². The molecule has 1 aromatic rings. The van der Waals surface area contributed by atoms with Crippen molar-refractivity contribution in [2.24, 2.45) is 0 Å². The lowest BCUT2D eigenvalue weighted by Crippen LogP contribution is -2.49. The predicted molar refractivity (Wildman–Crippen MR) is 72.0 cm³/mol. The molecule has 0 bridgehead atoms. The van der Waals surface area contributed by atoms with E-state index in [9.17, 15) is 9.59 Å². The number of amides is 2. The molecule has 0 saturated carbocycles. The predicted octanol–water partition coefficient (Wildman–Crippen LogP) is 1.62. The fourth-order valence-electron chi connectivity index (χ4n) is 1.47. The van der Waals surface area contributed by atoms with Crippen LogP contribution in [-0.4, -0.2) is 29.4 Å². The van der Waals surface area contributed by atoms with Crippen molar-refractivity contribution in [1.82, 2.24) is 5.32 Å². The van der Waals surface area contributed by atoms with Gasteiger partial charge in [0.15, 0.2) is 0 Å². The van der Waals surface area contributed by atoms with Crippen molar-refractivity contribution in [2.75, 3.05) is 16.8 Å². The number of hydrogen-bond acceptors (Lipinski definition) is 3. The fourth-order valence-corrected chi connectivity index (χ4v) is 2.71. The molecule has 0 radical (unpaired) electrons. The average molecular weight is 315 g/mol. The van der Waals surface area contributed by atoms with Crippen LogP contribution in [0.3, 0.4) is 0 Å². The van der Waals surface area contributed by atoms with Crippen LogP contribution in [0, 0.1) is 0 Å². The maximum Gasteiger partial charge on any atom is 0.247 e. The molecule has 1 unspecified atom stereocenters. The van der Waals surface area contributed by atoms with Crippen LogP contribution in [-0.2, 0) is 9.59 Å². The molecular weight excluding hydrogens is 304 g/mol. The summed E-state index contributed by atoms with van der Waals surface area (Å²) in [7, 11) is 0. The molecule has 2 rings (SSSR count). The molecule has 17 heavy (non-hydrogen) atoms. The standard InChI is InChI=1S/C11H11BrN2O2S/c12-7-3-1-2-4-8(7)14-11(16)9-5-17-6-10(15)13-9/h1-4,9H,5-6H2,(H,13,15)(H,14,16). The highest BCUT2D eigenvalue weighted by Gasteiger charge is 2.25. The fraction of sp³-hybridized carbons (Fsp3) is 0.273. The van der Waals surface area contributed by atoms with E-state index in [1.54, 1.807) is 6.07 Å². The second-order valence-corrected chi connectivity index (χ2v) is 5.49. The Morgan fingerprint density at radius 1 is 1.47 bits per heavy atom. The van der Waals surface area contributed by atoms with E-state index >= 15 is 0 Å². The van der Waals surface area contributed by atoms with Gasteiger partial charge in [0, 0.05) is 10.2 Å². The SMILES string of the molecule is O=C1CSCC(C(=O)Nc2ccccc2Br)N1. The van der Waals surface area contributed by atoms with Crippen LogP contribution in [0.1, 0.15) is 0 Å². The van der Waals surface area contributed by atoms with E-state index in [1.807, 2.05) is 18.2 Å². The number of benzene rings is 1. The van der Waals surface area contributed by atoms with Gasteiger partial charge in [-0.2, -0.15) is 0 Å². The number of rotatable bonds is 2. The van der Waals surface area contributed by atoms with Crippen LogP contribution < -0.4 is 10.6 Å². The zero-order valence-electron chi connectivity index (χ0n) is 8.90. The first-order chi connectivity index (χ1) is 8.16. The van der Waals surface area contributed by atoms with Gasteiger partial charge in [0.1, 0.15) is 6.04 Å². The molecular formula is C11H11BrN2O2S. The molecule has 0 aromatic heterocycles. The minimum atomic E-state index is -0.451. The van der Waals surface area contributed by atoms with Crippen molar-refractivity contribution in [1.29, 1.82) is 0 Å². The molecule has 4 nitrogen and oxygen atoms in total. The van der Waals surface area contributed by atoms with Gasteiger partial charge in [-0.15, -0.1) is 11.8 Å². The summed E-state index contributed by atoms with van der Waals surface area (Å²) < 4.78 is 0.822. The van der Waals surface area contributed by atoms with Crippen molar-refractivity contribution < 1.29 is 9.59 Å². The Hall–Kier alpha value is -1.01. The molecule has 0 aliphatic carbocycles. The minimum absolute atomic E-state index is 0.0893. The normalized spacial score (nSPS) is 19.6. The Kier molecular flexibility index (Phi) is 4.06. The smallest absolute Gasteiger partial charge is 0.247 e. The number of hydrogen-bond donors (Lipinski definition) is 2.